The standard InChI is InChI=1S/C28H24N2O2/c1-30(20-21-10-4-2-5-11-21)28(32)25-14-8-9-15-26(25)29-27(31)24-18-16-23(17-19-24)22-12-6-3-7-13-22/h2-19H,20H2,1H3,(H,29,31). The lowest BCUT2D eigenvalue weighted by molar-refractivity contribution is 0.0786. The largest absolute Gasteiger partial charge is 0.337 e. The highest BCUT2D eigenvalue weighted by molar-refractivity contribution is 6.09. The summed E-state index contributed by atoms with van der Waals surface area (Å²) in [6.45, 7) is 0.489. The average Bonchev–Trinajstić information content (AvgIpc) is 2.85. The van der Waals surface area contributed by atoms with E-state index in [1.165, 1.54) is 0 Å². The van der Waals surface area contributed by atoms with Crippen molar-refractivity contribution in [2.24, 2.45) is 0 Å². The topological polar surface area (TPSA) is 49.4 Å². The molecule has 0 spiro atoms. The maximum absolute atomic E-state index is 13.1. The molecular formula is C28H24N2O2. The lowest BCUT2D eigenvalue weighted by atomic mass is 10.0. The van der Waals surface area contributed by atoms with Crippen LogP contribution in [0.25, 0.3) is 11.1 Å². The third kappa shape index (κ3) is 4.93. The molecule has 4 heteroatoms. The Labute approximate surface area is 188 Å². The van der Waals surface area contributed by atoms with E-state index in [2.05, 4.69) is 5.32 Å². The van der Waals surface area contributed by atoms with Gasteiger partial charge in [0.25, 0.3) is 11.8 Å². The number of carbonyl (C=O) groups excluding carboxylic acids is 2. The normalized spacial score (nSPS) is 10.4. The SMILES string of the molecule is CN(Cc1ccccc1)C(=O)c1ccccc1NC(=O)c1ccc(-c2ccccc2)cc1. The highest BCUT2D eigenvalue weighted by Crippen LogP contribution is 2.22. The lowest BCUT2D eigenvalue weighted by Crippen LogP contribution is -2.27. The van der Waals surface area contributed by atoms with Crippen molar-refractivity contribution >= 4 is 17.5 Å². The minimum Gasteiger partial charge on any atom is -0.337 e. The van der Waals surface area contributed by atoms with Gasteiger partial charge in [0.15, 0.2) is 0 Å². The number of nitrogens with one attached hydrogen (secondary N) is 1. The molecule has 4 nitrogen and oxygen atoms in total. The molecule has 4 aromatic rings. The number of rotatable bonds is 6. The van der Waals surface area contributed by atoms with E-state index in [1.54, 1.807) is 42.3 Å². The van der Waals surface area contributed by atoms with E-state index in [0.29, 0.717) is 23.4 Å². The zero-order valence-electron chi connectivity index (χ0n) is 17.9. The van der Waals surface area contributed by atoms with Gasteiger partial charge in [-0.25, -0.2) is 0 Å². The molecule has 0 aromatic heterocycles. The molecule has 0 radical (unpaired) electrons. The van der Waals surface area contributed by atoms with E-state index >= 15 is 0 Å². The van der Waals surface area contributed by atoms with E-state index in [1.807, 2.05) is 78.9 Å². The number of carbonyl (C=O) groups is 2. The van der Waals surface area contributed by atoms with Crippen LogP contribution in [-0.2, 0) is 6.54 Å². The first kappa shape index (κ1) is 21.1. The summed E-state index contributed by atoms with van der Waals surface area (Å²) in [6.07, 6.45) is 0. The van der Waals surface area contributed by atoms with Gasteiger partial charge in [-0.1, -0.05) is 84.9 Å². The smallest absolute Gasteiger partial charge is 0.256 e. The Bertz CT molecular complexity index is 1200. The molecule has 2 amide bonds. The molecule has 0 saturated carbocycles. The third-order valence-corrected chi connectivity index (χ3v) is 5.27. The minimum absolute atomic E-state index is 0.149. The first-order chi connectivity index (χ1) is 15.6. The number of hydrogen-bond donors (Lipinski definition) is 1. The van der Waals surface area contributed by atoms with Crippen molar-refractivity contribution in [3.63, 3.8) is 0 Å². The fraction of sp³-hybridized carbons (Fsp3) is 0.0714. The lowest BCUT2D eigenvalue weighted by Gasteiger charge is -2.19. The van der Waals surface area contributed by atoms with Gasteiger partial charge in [-0.3, -0.25) is 9.59 Å². The first-order valence-corrected chi connectivity index (χ1v) is 10.5. The zero-order chi connectivity index (χ0) is 22.3. The molecule has 0 aliphatic rings. The zero-order valence-corrected chi connectivity index (χ0v) is 17.9. The van der Waals surface area contributed by atoms with Crippen LogP contribution in [0.3, 0.4) is 0 Å². The maximum atomic E-state index is 13.1. The van der Waals surface area contributed by atoms with Crippen molar-refractivity contribution in [2.75, 3.05) is 12.4 Å². The van der Waals surface area contributed by atoms with E-state index in [9.17, 15) is 9.59 Å². The molecule has 1 N–H and O–H groups in total. The fourth-order valence-corrected chi connectivity index (χ4v) is 3.55. The van der Waals surface area contributed by atoms with Crippen molar-refractivity contribution in [2.45, 2.75) is 6.54 Å². The van der Waals surface area contributed by atoms with Crippen molar-refractivity contribution in [3.8, 4) is 11.1 Å². The Morgan fingerprint density at radius 3 is 1.94 bits per heavy atom. The Balaban J connectivity index is 1.49. The van der Waals surface area contributed by atoms with Crippen LogP contribution in [0.15, 0.2) is 109 Å². The van der Waals surface area contributed by atoms with Gasteiger partial charge in [0.1, 0.15) is 0 Å². The summed E-state index contributed by atoms with van der Waals surface area (Å²) in [5, 5.41) is 2.90. The van der Waals surface area contributed by atoms with Crippen LogP contribution in [0.1, 0.15) is 26.3 Å². The Kier molecular flexibility index (Phi) is 6.42. The molecule has 4 rings (SSSR count). The Hall–Kier alpha value is -4.18. The molecular weight excluding hydrogens is 396 g/mol. The van der Waals surface area contributed by atoms with Gasteiger partial charge in [0.2, 0.25) is 0 Å². The first-order valence-electron chi connectivity index (χ1n) is 10.5. The summed E-state index contributed by atoms with van der Waals surface area (Å²) in [6, 6.07) is 34.3. The number of anilines is 1. The number of para-hydroxylation sites is 1. The molecule has 0 bridgehead atoms. The van der Waals surface area contributed by atoms with Gasteiger partial charge < -0.3 is 10.2 Å². The van der Waals surface area contributed by atoms with Crippen LogP contribution >= 0.6 is 0 Å². The van der Waals surface area contributed by atoms with Crippen molar-refractivity contribution in [1.82, 2.24) is 4.90 Å². The van der Waals surface area contributed by atoms with Crippen LogP contribution in [0, 0.1) is 0 Å². The summed E-state index contributed by atoms with van der Waals surface area (Å²) in [5.74, 6) is -0.403. The molecule has 0 heterocycles. The second-order valence-electron chi connectivity index (χ2n) is 7.59. The monoisotopic (exact) mass is 420 g/mol. The highest BCUT2D eigenvalue weighted by atomic mass is 16.2. The van der Waals surface area contributed by atoms with Crippen molar-refractivity contribution in [1.29, 1.82) is 0 Å². The predicted molar refractivity (Wildman–Crippen MR) is 129 cm³/mol. The second-order valence-corrected chi connectivity index (χ2v) is 7.59. The van der Waals surface area contributed by atoms with E-state index in [-0.39, 0.29) is 11.8 Å². The molecule has 4 aromatic carbocycles. The molecule has 0 atom stereocenters. The number of nitrogens with zero attached hydrogens (tertiary/aromatic N) is 1. The van der Waals surface area contributed by atoms with Crippen LogP contribution < -0.4 is 5.32 Å². The van der Waals surface area contributed by atoms with Gasteiger partial charge >= 0.3 is 0 Å². The van der Waals surface area contributed by atoms with Gasteiger partial charge in [0.05, 0.1) is 11.3 Å². The van der Waals surface area contributed by atoms with Crippen LogP contribution in [0.5, 0.6) is 0 Å². The van der Waals surface area contributed by atoms with Crippen molar-refractivity contribution < 1.29 is 9.59 Å². The summed E-state index contributed by atoms with van der Waals surface area (Å²) in [7, 11) is 1.76. The summed E-state index contributed by atoms with van der Waals surface area (Å²) in [4.78, 5) is 27.6. The van der Waals surface area contributed by atoms with Crippen LogP contribution in [-0.4, -0.2) is 23.8 Å². The van der Waals surface area contributed by atoms with Gasteiger partial charge in [-0.15, -0.1) is 0 Å². The number of hydrogen-bond acceptors (Lipinski definition) is 2. The molecule has 0 saturated heterocycles. The van der Waals surface area contributed by atoms with Crippen LogP contribution in [0.2, 0.25) is 0 Å². The molecule has 0 aliphatic carbocycles. The van der Waals surface area contributed by atoms with E-state index < -0.39 is 0 Å². The Morgan fingerprint density at radius 1 is 0.688 bits per heavy atom. The quantitative estimate of drug-likeness (QED) is 0.424. The molecule has 32 heavy (non-hydrogen) atoms. The highest BCUT2D eigenvalue weighted by Gasteiger charge is 2.17. The summed E-state index contributed by atoms with van der Waals surface area (Å²) in [5.41, 5.74) is 4.67. The maximum Gasteiger partial charge on any atom is 0.256 e. The number of benzene rings is 4. The summed E-state index contributed by atoms with van der Waals surface area (Å²) < 4.78 is 0. The average molecular weight is 421 g/mol. The minimum atomic E-state index is -0.254. The van der Waals surface area contributed by atoms with Crippen molar-refractivity contribution in [3.05, 3.63) is 126 Å². The van der Waals surface area contributed by atoms with E-state index in [0.717, 1.165) is 16.7 Å². The fourth-order valence-electron chi connectivity index (χ4n) is 3.55. The van der Waals surface area contributed by atoms with Gasteiger partial charge in [-0.2, -0.15) is 0 Å². The second kappa shape index (κ2) is 9.75. The van der Waals surface area contributed by atoms with Gasteiger partial charge in [0, 0.05) is 19.2 Å². The third-order valence-electron chi connectivity index (χ3n) is 5.27. The Morgan fingerprint density at radius 2 is 1.25 bits per heavy atom. The van der Waals surface area contributed by atoms with Crippen LogP contribution in [0.4, 0.5) is 5.69 Å². The molecule has 158 valence electrons. The molecule has 0 aliphatic heterocycles. The van der Waals surface area contributed by atoms with Gasteiger partial charge in [-0.05, 0) is 41.0 Å². The number of amides is 2. The van der Waals surface area contributed by atoms with E-state index in [4.69, 9.17) is 0 Å². The predicted octanol–water partition coefficient (Wildman–Crippen LogP) is 5.88. The molecule has 0 unspecified atom stereocenters. The molecule has 0 fully saturated rings. The summed E-state index contributed by atoms with van der Waals surface area (Å²) >= 11 is 0.